The number of piperidine rings is 1. The number of hydrogen-bond acceptors (Lipinski definition) is 7. The zero-order valence-corrected chi connectivity index (χ0v) is 15.2. The first-order valence-electron chi connectivity index (χ1n) is 8.67. The largest absolute Gasteiger partial charge is 0.418 e. The Labute approximate surface area is 152 Å². The fraction of sp³-hybridized carbons (Fsp3) is 0.857. The van der Waals surface area contributed by atoms with Gasteiger partial charge in [-0.3, -0.25) is 14.2 Å². The molecule has 1 heterocycles. The molecule has 2 aliphatic rings. The number of likely N-dealkylation sites (tertiary alicyclic amines) is 1. The number of amides is 3. The minimum absolute atomic E-state index is 0.160. The lowest BCUT2D eigenvalue weighted by Crippen LogP contribution is -2.55. The second kappa shape index (κ2) is 9.46. The molecule has 1 aliphatic carbocycles. The van der Waals surface area contributed by atoms with Gasteiger partial charge in [0.25, 0.3) is 5.91 Å². The van der Waals surface area contributed by atoms with E-state index in [9.17, 15) is 18.0 Å². The van der Waals surface area contributed by atoms with Crippen molar-refractivity contribution in [2.45, 2.75) is 57.0 Å². The van der Waals surface area contributed by atoms with Crippen LogP contribution in [0.4, 0.5) is 4.79 Å². The summed E-state index contributed by atoms with van der Waals surface area (Å²) in [4.78, 5) is 30.6. The third-order valence-electron chi connectivity index (χ3n) is 4.75. The van der Waals surface area contributed by atoms with Crippen molar-refractivity contribution in [3.63, 3.8) is 0 Å². The minimum Gasteiger partial charge on any atom is -0.325 e. The number of hydroxylamine groups is 2. The van der Waals surface area contributed by atoms with Crippen LogP contribution in [0.1, 0.15) is 44.9 Å². The molecule has 12 heteroatoms. The normalized spacial score (nSPS) is 22.8. The number of carbonyl (C=O) groups is 2. The zero-order valence-electron chi connectivity index (χ0n) is 14.4. The summed E-state index contributed by atoms with van der Waals surface area (Å²) < 4.78 is 33.4. The molecule has 0 bridgehead atoms. The van der Waals surface area contributed by atoms with Crippen LogP contribution in [0.25, 0.3) is 0 Å². The van der Waals surface area contributed by atoms with Crippen LogP contribution in [-0.2, 0) is 24.3 Å². The number of nitrogens with two attached hydrogens (primary N) is 1. The van der Waals surface area contributed by atoms with E-state index >= 15 is 0 Å². The molecule has 150 valence electrons. The van der Waals surface area contributed by atoms with E-state index in [-0.39, 0.29) is 19.2 Å². The Balaban J connectivity index is 1.81. The van der Waals surface area contributed by atoms with Crippen molar-refractivity contribution in [2.75, 3.05) is 13.2 Å². The highest BCUT2D eigenvalue weighted by molar-refractivity contribution is 7.80. The van der Waals surface area contributed by atoms with Crippen LogP contribution < -0.4 is 16.7 Å². The van der Waals surface area contributed by atoms with Crippen LogP contribution >= 0.6 is 0 Å². The molecular formula is C14H26N4O7S. The second-order valence-corrected chi connectivity index (χ2v) is 7.63. The number of carbonyl (C=O) groups excluding carboxylic acids is 2. The van der Waals surface area contributed by atoms with Gasteiger partial charge < -0.3 is 10.6 Å². The molecule has 1 saturated carbocycles. The molecule has 0 radical (unpaired) electrons. The molecule has 1 aliphatic heterocycles. The molecule has 0 aromatic heterocycles. The predicted molar refractivity (Wildman–Crippen MR) is 89.5 cm³/mol. The fourth-order valence-electron chi connectivity index (χ4n) is 3.39. The van der Waals surface area contributed by atoms with Gasteiger partial charge in [-0.1, -0.05) is 12.8 Å². The Morgan fingerprint density at radius 2 is 1.81 bits per heavy atom. The maximum Gasteiger partial charge on any atom is 0.418 e. The van der Waals surface area contributed by atoms with Crippen molar-refractivity contribution in [1.29, 1.82) is 0 Å². The molecule has 1 unspecified atom stereocenters. The van der Waals surface area contributed by atoms with Crippen LogP contribution in [0.5, 0.6) is 0 Å². The summed E-state index contributed by atoms with van der Waals surface area (Å²) in [5.41, 5.74) is 9.96. The van der Waals surface area contributed by atoms with Crippen LogP contribution in [0, 0.1) is 5.92 Å². The van der Waals surface area contributed by atoms with Crippen molar-refractivity contribution >= 4 is 22.3 Å². The van der Waals surface area contributed by atoms with Crippen LogP contribution in [0.2, 0.25) is 0 Å². The molecule has 0 spiro atoms. The highest BCUT2D eigenvalue weighted by Crippen LogP contribution is 2.26. The van der Waals surface area contributed by atoms with Crippen LogP contribution in [-0.4, -0.2) is 55.0 Å². The van der Waals surface area contributed by atoms with Gasteiger partial charge in [0, 0.05) is 12.6 Å². The molecular weight excluding hydrogens is 368 g/mol. The molecule has 2 rings (SSSR count). The van der Waals surface area contributed by atoms with E-state index in [1.807, 2.05) is 0 Å². The van der Waals surface area contributed by atoms with E-state index in [0.29, 0.717) is 18.8 Å². The highest BCUT2D eigenvalue weighted by atomic mass is 32.3. The molecule has 2 fully saturated rings. The maximum absolute atomic E-state index is 12.3. The lowest BCUT2D eigenvalue weighted by molar-refractivity contribution is -0.140. The highest BCUT2D eigenvalue weighted by Gasteiger charge is 2.33. The second-order valence-electron chi connectivity index (χ2n) is 6.61. The Morgan fingerprint density at radius 1 is 1.15 bits per heavy atom. The number of nitrogens with zero attached hydrogens (tertiary/aromatic N) is 1. The van der Waals surface area contributed by atoms with Crippen molar-refractivity contribution < 1.29 is 31.7 Å². The molecule has 0 aromatic carbocycles. The summed E-state index contributed by atoms with van der Waals surface area (Å²) in [5, 5.41) is 0. The van der Waals surface area contributed by atoms with Crippen molar-refractivity contribution in [3.05, 3.63) is 0 Å². The Bertz CT molecular complexity index is 594. The summed E-state index contributed by atoms with van der Waals surface area (Å²) in [6.07, 6.45) is 6.19. The average Bonchev–Trinajstić information content (AvgIpc) is 3.13. The average molecular weight is 394 g/mol. The summed E-state index contributed by atoms with van der Waals surface area (Å²) in [6, 6.07) is -1.94. The first-order valence-corrected chi connectivity index (χ1v) is 10.0. The van der Waals surface area contributed by atoms with Crippen molar-refractivity contribution in [1.82, 2.24) is 15.9 Å². The number of rotatable bonds is 7. The van der Waals surface area contributed by atoms with E-state index in [2.05, 4.69) is 9.76 Å². The molecule has 2 atom stereocenters. The Morgan fingerprint density at radius 3 is 2.46 bits per heavy atom. The molecule has 3 amide bonds. The smallest absolute Gasteiger partial charge is 0.325 e. The Kier molecular flexibility index (Phi) is 7.58. The van der Waals surface area contributed by atoms with Gasteiger partial charge in [0.2, 0.25) is 0 Å². The van der Waals surface area contributed by atoms with Gasteiger partial charge in [-0.15, -0.1) is 4.28 Å². The lowest BCUT2D eigenvalue weighted by Gasteiger charge is -2.34. The van der Waals surface area contributed by atoms with Gasteiger partial charge >= 0.3 is 16.4 Å². The van der Waals surface area contributed by atoms with Gasteiger partial charge in [0.15, 0.2) is 0 Å². The quantitative estimate of drug-likeness (QED) is 0.342. The van der Waals surface area contributed by atoms with E-state index in [4.69, 9.17) is 15.1 Å². The fourth-order valence-corrected chi connectivity index (χ4v) is 3.57. The maximum atomic E-state index is 12.3. The molecule has 1 saturated heterocycles. The third-order valence-corrected chi connectivity index (χ3v) is 5.05. The summed E-state index contributed by atoms with van der Waals surface area (Å²) in [5.74, 6) is -0.133. The predicted octanol–water partition coefficient (Wildman–Crippen LogP) is -0.150. The molecule has 26 heavy (non-hydrogen) atoms. The van der Waals surface area contributed by atoms with E-state index in [0.717, 1.165) is 37.0 Å². The van der Waals surface area contributed by atoms with Crippen molar-refractivity contribution in [3.8, 4) is 0 Å². The number of hydrogen-bond donors (Lipinski definition) is 4. The number of nitrogens with one attached hydrogen (secondary N) is 2. The standard InChI is InChI=1S/C14H26N4O7S/c15-11(10-5-1-2-6-10)9-24-16-13(19)12-7-3-4-8-18(12)14(20)17-25-26(21,22)23/h10-12H,1-9,15H2,(H,16,19)(H,17,20)(H,21,22,23)/t11?,12-/m0/s1. The van der Waals surface area contributed by atoms with Gasteiger partial charge in [-0.2, -0.15) is 13.9 Å². The monoisotopic (exact) mass is 394 g/mol. The molecule has 5 N–H and O–H groups in total. The number of urea groups is 1. The minimum atomic E-state index is -4.83. The van der Waals surface area contributed by atoms with E-state index in [1.54, 1.807) is 5.48 Å². The Hall–Kier alpha value is -1.47. The summed E-state index contributed by atoms with van der Waals surface area (Å²) in [6.45, 7) is 0.418. The third kappa shape index (κ3) is 6.36. The summed E-state index contributed by atoms with van der Waals surface area (Å²) in [7, 11) is -4.83. The van der Waals surface area contributed by atoms with Gasteiger partial charge in [0.05, 0.1) is 6.61 Å². The van der Waals surface area contributed by atoms with E-state index in [1.165, 1.54) is 0 Å². The molecule has 11 nitrogen and oxygen atoms in total. The first kappa shape index (κ1) is 20.8. The molecule has 0 aromatic rings. The van der Waals surface area contributed by atoms with E-state index < -0.39 is 28.4 Å². The lowest BCUT2D eigenvalue weighted by atomic mass is 10.00. The van der Waals surface area contributed by atoms with Gasteiger partial charge in [0.1, 0.15) is 6.04 Å². The van der Waals surface area contributed by atoms with Crippen LogP contribution in [0.15, 0.2) is 0 Å². The first-order chi connectivity index (χ1) is 12.3. The zero-order chi connectivity index (χ0) is 19.2. The van der Waals surface area contributed by atoms with Gasteiger partial charge in [-0.05, 0) is 38.0 Å². The van der Waals surface area contributed by atoms with Crippen LogP contribution in [0.3, 0.4) is 0 Å². The topological polar surface area (TPSA) is 160 Å². The summed E-state index contributed by atoms with van der Waals surface area (Å²) >= 11 is 0. The SMILES string of the molecule is NC(CONC(=O)[C@@H]1CCCCN1C(=O)NOS(=O)(=O)O)C1CCCC1. The van der Waals surface area contributed by atoms with Gasteiger partial charge in [-0.25, -0.2) is 10.3 Å². The van der Waals surface area contributed by atoms with Crippen molar-refractivity contribution in [2.24, 2.45) is 11.7 Å².